The number of nitrogen functional groups attached to an aromatic ring is 1. The van der Waals surface area contributed by atoms with Crippen molar-refractivity contribution in [3.63, 3.8) is 0 Å². The summed E-state index contributed by atoms with van der Waals surface area (Å²) in [5, 5.41) is 6.25. The van der Waals surface area contributed by atoms with Gasteiger partial charge in [-0.3, -0.25) is 4.79 Å². The fraction of sp³-hybridized carbons (Fsp3) is 0.462. The van der Waals surface area contributed by atoms with Gasteiger partial charge in [-0.1, -0.05) is 0 Å². The summed E-state index contributed by atoms with van der Waals surface area (Å²) in [4.78, 5) is 12.1. The highest BCUT2D eigenvalue weighted by Crippen LogP contribution is 2.19. The topological polar surface area (TPSA) is 76.4 Å². The third-order valence-electron chi connectivity index (χ3n) is 3.14. The number of carbonyl (C=O) groups excluding carboxylic acids is 1. The molecule has 1 aromatic rings. The van der Waals surface area contributed by atoms with Gasteiger partial charge in [-0.2, -0.15) is 0 Å². The number of nitrogens with one attached hydrogen (secondary N) is 2. The molecule has 0 aliphatic carbocycles. The van der Waals surface area contributed by atoms with E-state index in [-0.39, 0.29) is 11.9 Å². The second-order valence-electron chi connectivity index (χ2n) is 4.47. The van der Waals surface area contributed by atoms with E-state index in [1.165, 1.54) is 0 Å². The van der Waals surface area contributed by atoms with Gasteiger partial charge in [-0.15, -0.1) is 0 Å². The number of hydrogen-bond donors (Lipinski definition) is 3. The Morgan fingerprint density at radius 2 is 2.39 bits per heavy atom. The fourth-order valence-corrected chi connectivity index (χ4v) is 2.11. The van der Waals surface area contributed by atoms with Crippen LogP contribution in [0, 0.1) is 0 Å². The highest BCUT2D eigenvalue weighted by Gasteiger charge is 2.17. The van der Waals surface area contributed by atoms with Gasteiger partial charge in [0.1, 0.15) is 5.75 Å². The van der Waals surface area contributed by atoms with E-state index in [2.05, 4.69) is 10.6 Å². The molecular formula is C13H19N3O2. The zero-order valence-corrected chi connectivity index (χ0v) is 10.5. The van der Waals surface area contributed by atoms with Gasteiger partial charge in [0.25, 0.3) is 5.91 Å². The molecule has 1 amide bonds. The highest BCUT2D eigenvalue weighted by molar-refractivity contribution is 5.99. The van der Waals surface area contributed by atoms with Gasteiger partial charge >= 0.3 is 0 Å². The van der Waals surface area contributed by atoms with Crippen molar-refractivity contribution in [2.75, 3.05) is 25.9 Å². The first-order valence-electron chi connectivity index (χ1n) is 6.16. The smallest absolute Gasteiger partial charge is 0.253 e. The van der Waals surface area contributed by atoms with Crippen molar-refractivity contribution in [2.24, 2.45) is 0 Å². The lowest BCUT2D eigenvalue weighted by atomic mass is 10.1. The summed E-state index contributed by atoms with van der Waals surface area (Å²) in [6.07, 6.45) is 2.10. The lowest BCUT2D eigenvalue weighted by molar-refractivity contribution is 0.0931. The van der Waals surface area contributed by atoms with Crippen molar-refractivity contribution >= 4 is 11.6 Å². The maximum absolute atomic E-state index is 12.1. The van der Waals surface area contributed by atoms with Crippen LogP contribution in [0.15, 0.2) is 18.2 Å². The third-order valence-corrected chi connectivity index (χ3v) is 3.14. The minimum absolute atomic E-state index is 0.121. The predicted molar refractivity (Wildman–Crippen MR) is 70.8 cm³/mol. The summed E-state index contributed by atoms with van der Waals surface area (Å²) in [5.41, 5.74) is 6.79. The minimum Gasteiger partial charge on any atom is -0.497 e. The number of hydrogen-bond acceptors (Lipinski definition) is 4. The summed E-state index contributed by atoms with van der Waals surface area (Å²) in [6.45, 7) is 1.85. The van der Waals surface area contributed by atoms with Crippen LogP contribution >= 0.6 is 0 Å². The van der Waals surface area contributed by atoms with Crippen molar-refractivity contribution in [3.05, 3.63) is 23.8 Å². The van der Waals surface area contributed by atoms with Gasteiger partial charge in [0.2, 0.25) is 0 Å². The number of carbonyl (C=O) groups is 1. The van der Waals surface area contributed by atoms with Crippen LogP contribution in [0.1, 0.15) is 23.2 Å². The van der Waals surface area contributed by atoms with Gasteiger partial charge < -0.3 is 21.1 Å². The Bertz CT molecular complexity index is 428. The number of ether oxygens (including phenoxy) is 1. The quantitative estimate of drug-likeness (QED) is 0.691. The number of benzene rings is 1. The third kappa shape index (κ3) is 2.92. The first-order chi connectivity index (χ1) is 8.70. The highest BCUT2D eigenvalue weighted by atomic mass is 16.5. The average molecular weight is 249 g/mol. The van der Waals surface area contributed by atoms with Crippen LogP contribution in [-0.2, 0) is 0 Å². The molecule has 1 aromatic carbocycles. The molecule has 1 aliphatic heterocycles. The molecule has 1 unspecified atom stereocenters. The number of piperidine rings is 1. The summed E-state index contributed by atoms with van der Waals surface area (Å²) in [5.74, 6) is 0.534. The maximum Gasteiger partial charge on any atom is 0.253 e. The molecule has 1 saturated heterocycles. The molecule has 1 heterocycles. The zero-order chi connectivity index (χ0) is 13.0. The van der Waals surface area contributed by atoms with Gasteiger partial charge in [0, 0.05) is 24.3 Å². The molecular weight excluding hydrogens is 230 g/mol. The maximum atomic E-state index is 12.1. The molecule has 0 bridgehead atoms. The van der Waals surface area contributed by atoms with E-state index in [9.17, 15) is 4.79 Å². The van der Waals surface area contributed by atoms with Gasteiger partial charge in [0.05, 0.1) is 12.7 Å². The van der Waals surface area contributed by atoms with Crippen molar-refractivity contribution < 1.29 is 9.53 Å². The van der Waals surface area contributed by atoms with Crippen molar-refractivity contribution in [1.82, 2.24) is 10.6 Å². The Morgan fingerprint density at radius 1 is 1.56 bits per heavy atom. The first-order valence-corrected chi connectivity index (χ1v) is 6.16. The molecule has 1 aliphatic rings. The van der Waals surface area contributed by atoms with E-state index in [0.29, 0.717) is 17.0 Å². The summed E-state index contributed by atoms with van der Waals surface area (Å²) in [6, 6.07) is 5.28. The van der Waals surface area contributed by atoms with E-state index in [1.807, 2.05) is 0 Å². The summed E-state index contributed by atoms with van der Waals surface area (Å²) >= 11 is 0. The molecule has 1 fully saturated rings. The van der Waals surface area contributed by atoms with Crippen LogP contribution in [0.25, 0.3) is 0 Å². The van der Waals surface area contributed by atoms with Crippen LogP contribution < -0.4 is 21.1 Å². The lowest BCUT2D eigenvalue weighted by Crippen LogP contribution is -2.45. The van der Waals surface area contributed by atoms with Gasteiger partial charge in [-0.25, -0.2) is 0 Å². The molecule has 2 rings (SSSR count). The Kier molecular flexibility index (Phi) is 4.04. The first kappa shape index (κ1) is 12.7. The predicted octanol–water partition coefficient (Wildman–Crippen LogP) is 0.759. The number of anilines is 1. The summed E-state index contributed by atoms with van der Waals surface area (Å²) in [7, 11) is 1.57. The van der Waals surface area contributed by atoms with Crippen LogP contribution in [0.3, 0.4) is 0 Å². The number of methoxy groups -OCH3 is 1. The molecule has 0 radical (unpaired) electrons. The van der Waals surface area contributed by atoms with E-state index in [1.54, 1.807) is 25.3 Å². The molecule has 4 N–H and O–H groups in total. The van der Waals surface area contributed by atoms with E-state index in [0.717, 1.165) is 25.9 Å². The van der Waals surface area contributed by atoms with Crippen LogP contribution in [0.4, 0.5) is 5.69 Å². The molecule has 0 saturated carbocycles. The molecule has 1 atom stereocenters. The molecule has 0 spiro atoms. The number of nitrogens with two attached hydrogens (primary N) is 1. The average Bonchev–Trinajstić information content (AvgIpc) is 2.39. The lowest BCUT2D eigenvalue weighted by Gasteiger charge is -2.24. The van der Waals surface area contributed by atoms with Crippen LogP contribution in [0.2, 0.25) is 0 Å². The SMILES string of the molecule is COc1ccc(C(=O)NC2CCCNC2)c(N)c1. The fourth-order valence-electron chi connectivity index (χ4n) is 2.11. The second-order valence-corrected chi connectivity index (χ2v) is 4.47. The Labute approximate surface area is 107 Å². The summed E-state index contributed by atoms with van der Waals surface area (Å²) < 4.78 is 5.06. The van der Waals surface area contributed by atoms with Gasteiger partial charge in [-0.05, 0) is 31.5 Å². The molecule has 98 valence electrons. The van der Waals surface area contributed by atoms with Gasteiger partial charge in [0.15, 0.2) is 0 Å². The van der Waals surface area contributed by atoms with E-state index in [4.69, 9.17) is 10.5 Å². The second kappa shape index (κ2) is 5.73. The monoisotopic (exact) mass is 249 g/mol. The Morgan fingerprint density at radius 3 is 3.00 bits per heavy atom. The van der Waals surface area contributed by atoms with Crippen LogP contribution in [-0.4, -0.2) is 32.1 Å². The zero-order valence-electron chi connectivity index (χ0n) is 10.5. The standard InChI is InChI=1S/C13H19N3O2/c1-18-10-4-5-11(12(14)7-10)13(17)16-9-3-2-6-15-8-9/h4-5,7,9,15H,2-3,6,8,14H2,1H3,(H,16,17). The number of rotatable bonds is 3. The molecule has 5 nitrogen and oxygen atoms in total. The molecule has 5 heteroatoms. The van der Waals surface area contributed by atoms with Crippen molar-refractivity contribution in [1.29, 1.82) is 0 Å². The van der Waals surface area contributed by atoms with E-state index < -0.39 is 0 Å². The normalized spacial score (nSPS) is 19.3. The Hall–Kier alpha value is -1.75. The Balaban J connectivity index is 2.03. The molecule has 0 aromatic heterocycles. The van der Waals surface area contributed by atoms with Crippen LogP contribution in [0.5, 0.6) is 5.75 Å². The minimum atomic E-state index is -0.121. The number of amides is 1. The molecule has 18 heavy (non-hydrogen) atoms. The van der Waals surface area contributed by atoms with E-state index >= 15 is 0 Å². The van der Waals surface area contributed by atoms with Crippen molar-refractivity contribution in [3.8, 4) is 5.75 Å². The van der Waals surface area contributed by atoms with Crippen molar-refractivity contribution in [2.45, 2.75) is 18.9 Å². The largest absolute Gasteiger partial charge is 0.497 e.